The van der Waals surface area contributed by atoms with Crippen molar-refractivity contribution in [3.05, 3.63) is 16.4 Å². The minimum atomic E-state index is 0.976. The van der Waals surface area contributed by atoms with Crippen LogP contribution in [0.25, 0.3) is 0 Å². The smallest absolute Gasteiger partial charge is 0.128 e. The zero-order chi connectivity index (χ0) is 6.97. The molecule has 3 heteroatoms. The summed E-state index contributed by atoms with van der Waals surface area (Å²) in [5.41, 5.74) is 1.37. The van der Waals surface area contributed by atoms with Crippen LogP contribution in [0.15, 0.2) is 10.7 Å². The van der Waals surface area contributed by atoms with Crippen LogP contribution in [-0.2, 0) is 13.0 Å². The number of hydrogen-bond donors (Lipinski definition) is 0. The van der Waals surface area contributed by atoms with Gasteiger partial charge in [-0.25, -0.2) is 0 Å². The van der Waals surface area contributed by atoms with Crippen molar-refractivity contribution >= 4 is 15.9 Å². The fourth-order valence-electron chi connectivity index (χ4n) is 1.38. The molecule has 1 aliphatic rings. The number of aryl methyl sites for hydroxylation is 2. The van der Waals surface area contributed by atoms with E-state index in [1.807, 2.05) is 0 Å². The van der Waals surface area contributed by atoms with Gasteiger partial charge in [-0.15, -0.1) is 0 Å². The Labute approximate surface area is 68.4 Å². The summed E-state index contributed by atoms with van der Waals surface area (Å²) >= 11 is 3.36. The second-order valence-corrected chi connectivity index (χ2v) is 3.45. The van der Waals surface area contributed by atoms with Crippen LogP contribution in [0.3, 0.4) is 0 Å². The Hall–Kier alpha value is -0.310. The predicted octanol–water partition coefficient (Wildman–Crippen LogP) is 1.98. The number of rotatable bonds is 0. The Bertz CT molecular complexity index is 218. The monoisotopic (exact) mass is 200 g/mol. The largest absolute Gasteiger partial charge is 0.268 e. The minimum Gasteiger partial charge on any atom is -0.268 e. The Morgan fingerprint density at radius 3 is 3.20 bits per heavy atom. The van der Waals surface area contributed by atoms with Crippen LogP contribution in [0.1, 0.15) is 18.5 Å². The molecule has 0 bridgehead atoms. The number of halogens is 1. The van der Waals surface area contributed by atoms with Gasteiger partial charge in [0.1, 0.15) is 4.60 Å². The molecule has 0 atom stereocenters. The van der Waals surface area contributed by atoms with Crippen LogP contribution in [-0.4, -0.2) is 9.78 Å². The summed E-state index contributed by atoms with van der Waals surface area (Å²) in [4.78, 5) is 0. The van der Waals surface area contributed by atoms with Gasteiger partial charge in [0.05, 0.1) is 0 Å². The number of fused-ring (bicyclic) bond motifs is 1. The first-order valence-corrected chi connectivity index (χ1v) is 4.38. The summed E-state index contributed by atoms with van der Waals surface area (Å²) in [6, 6.07) is 2.11. The molecular formula is C7H9BrN2. The zero-order valence-corrected chi connectivity index (χ0v) is 7.26. The summed E-state index contributed by atoms with van der Waals surface area (Å²) in [6.07, 6.45) is 3.79. The van der Waals surface area contributed by atoms with Crippen molar-refractivity contribution in [3.8, 4) is 0 Å². The van der Waals surface area contributed by atoms with Gasteiger partial charge in [-0.05, 0) is 41.3 Å². The summed E-state index contributed by atoms with van der Waals surface area (Å²) in [5.74, 6) is 0. The maximum absolute atomic E-state index is 4.28. The summed E-state index contributed by atoms with van der Waals surface area (Å²) in [5, 5.41) is 4.28. The first-order chi connectivity index (χ1) is 4.86. The number of nitrogens with zero attached hydrogens (tertiary/aromatic N) is 2. The standard InChI is InChI=1S/C7H9BrN2/c8-7-5-6-3-1-2-4-10(6)9-7/h5H,1-4H2. The molecule has 1 aliphatic heterocycles. The molecule has 0 spiro atoms. The fourth-order valence-corrected chi connectivity index (χ4v) is 1.84. The third kappa shape index (κ3) is 0.985. The van der Waals surface area contributed by atoms with Gasteiger partial charge in [-0.3, -0.25) is 4.68 Å². The summed E-state index contributed by atoms with van der Waals surface area (Å²) in [6.45, 7) is 1.10. The molecule has 1 aromatic heterocycles. The van der Waals surface area contributed by atoms with Crippen LogP contribution >= 0.6 is 15.9 Å². The van der Waals surface area contributed by atoms with Crippen molar-refractivity contribution in [1.82, 2.24) is 9.78 Å². The molecule has 0 saturated carbocycles. The highest BCUT2D eigenvalue weighted by Crippen LogP contribution is 2.17. The Balaban J connectivity index is 2.41. The van der Waals surface area contributed by atoms with E-state index < -0.39 is 0 Å². The van der Waals surface area contributed by atoms with Crippen molar-refractivity contribution in [2.75, 3.05) is 0 Å². The van der Waals surface area contributed by atoms with Crippen molar-refractivity contribution in [2.45, 2.75) is 25.8 Å². The molecule has 1 aromatic rings. The molecule has 0 aliphatic carbocycles. The van der Waals surface area contributed by atoms with E-state index >= 15 is 0 Å². The van der Waals surface area contributed by atoms with Gasteiger partial charge >= 0.3 is 0 Å². The molecule has 2 rings (SSSR count). The minimum absolute atomic E-state index is 0.976. The van der Waals surface area contributed by atoms with E-state index in [4.69, 9.17) is 0 Å². The van der Waals surface area contributed by atoms with E-state index in [0.717, 1.165) is 11.1 Å². The van der Waals surface area contributed by atoms with Crippen LogP contribution in [0.5, 0.6) is 0 Å². The predicted molar refractivity (Wildman–Crippen MR) is 42.9 cm³/mol. The van der Waals surface area contributed by atoms with Gasteiger partial charge in [0.2, 0.25) is 0 Å². The Morgan fingerprint density at radius 2 is 2.40 bits per heavy atom. The molecule has 0 saturated heterocycles. The molecule has 0 unspecified atom stereocenters. The first kappa shape index (κ1) is 6.40. The SMILES string of the molecule is Brc1cc2n(n1)CCCC2. The average molecular weight is 201 g/mol. The van der Waals surface area contributed by atoms with E-state index in [0.29, 0.717) is 0 Å². The van der Waals surface area contributed by atoms with E-state index in [2.05, 4.69) is 31.8 Å². The topological polar surface area (TPSA) is 17.8 Å². The van der Waals surface area contributed by atoms with Gasteiger partial charge in [0, 0.05) is 12.2 Å². The third-order valence-corrected chi connectivity index (χ3v) is 2.27. The highest BCUT2D eigenvalue weighted by Gasteiger charge is 2.09. The Morgan fingerprint density at radius 1 is 1.50 bits per heavy atom. The molecule has 0 N–H and O–H groups in total. The molecule has 54 valence electrons. The molecule has 0 aromatic carbocycles. The highest BCUT2D eigenvalue weighted by molar-refractivity contribution is 9.10. The van der Waals surface area contributed by atoms with Crippen molar-refractivity contribution < 1.29 is 0 Å². The lowest BCUT2D eigenvalue weighted by Gasteiger charge is -2.11. The molecular weight excluding hydrogens is 192 g/mol. The summed E-state index contributed by atoms with van der Waals surface area (Å²) < 4.78 is 3.07. The molecule has 10 heavy (non-hydrogen) atoms. The first-order valence-electron chi connectivity index (χ1n) is 3.58. The lowest BCUT2D eigenvalue weighted by molar-refractivity contribution is 0.485. The van der Waals surface area contributed by atoms with E-state index in [1.54, 1.807) is 0 Å². The lowest BCUT2D eigenvalue weighted by atomic mass is 10.1. The van der Waals surface area contributed by atoms with Crippen LogP contribution in [0, 0.1) is 0 Å². The number of hydrogen-bond acceptors (Lipinski definition) is 1. The normalized spacial score (nSPS) is 16.9. The third-order valence-electron chi connectivity index (χ3n) is 1.89. The fraction of sp³-hybridized carbons (Fsp3) is 0.571. The summed E-state index contributed by atoms with van der Waals surface area (Å²) in [7, 11) is 0. The van der Waals surface area contributed by atoms with Crippen molar-refractivity contribution in [3.63, 3.8) is 0 Å². The highest BCUT2D eigenvalue weighted by atomic mass is 79.9. The van der Waals surface area contributed by atoms with E-state index in [1.165, 1.54) is 25.0 Å². The second-order valence-electron chi connectivity index (χ2n) is 2.64. The van der Waals surface area contributed by atoms with Gasteiger partial charge < -0.3 is 0 Å². The molecule has 2 nitrogen and oxygen atoms in total. The quantitative estimate of drug-likeness (QED) is 0.627. The molecule has 0 fully saturated rings. The van der Waals surface area contributed by atoms with Gasteiger partial charge in [-0.1, -0.05) is 0 Å². The van der Waals surface area contributed by atoms with Crippen molar-refractivity contribution in [2.24, 2.45) is 0 Å². The van der Waals surface area contributed by atoms with Gasteiger partial charge in [0.25, 0.3) is 0 Å². The maximum Gasteiger partial charge on any atom is 0.128 e. The van der Waals surface area contributed by atoms with E-state index in [9.17, 15) is 0 Å². The van der Waals surface area contributed by atoms with Gasteiger partial charge in [-0.2, -0.15) is 5.10 Å². The Kier molecular flexibility index (Phi) is 1.52. The second kappa shape index (κ2) is 2.38. The number of aromatic nitrogens is 2. The van der Waals surface area contributed by atoms with Crippen LogP contribution < -0.4 is 0 Å². The average Bonchev–Trinajstić information content (AvgIpc) is 2.27. The molecule has 0 radical (unpaired) electrons. The van der Waals surface area contributed by atoms with Crippen molar-refractivity contribution in [1.29, 1.82) is 0 Å². The van der Waals surface area contributed by atoms with Crippen LogP contribution in [0.4, 0.5) is 0 Å². The van der Waals surface area contributed by atoms with E-state index in [-0.39, 0.29) is 0 Å². The zero-order valence-electron chi connectivity index (χ0n) is 5.68. The maximum atomic E-state index is 4.28. The lowest BCUT2D eigenvalue weighted by Crippen LogP contribution is -2.10. The van der Waals surface area contributed by atoms with Crippen LogP contribution in [0.2, 0.25) is 0 Å². The van der Waals surface area contributed by atoms with Gasteiger partial charge in [0.15, 0.2) is 0 Å². The molecule has 2 heterocycles. The molecule has 0 amide bonds.